The summed E-state index contributed by atoms with van der Waals surface area (Å²) in [4.78, 5) is 12.5. The molecular formula is C15H18N4OS. The van der Waals surface area contributed by atoms with E-state index in [2.05, 4.69) is 30.3 Å². The Kier molecular flexibility index (Phi) is 3.55. The summed E-state index contributed by atoms with van der Waals surface area (Å²) in [5.74, 6) is -0.0939. The van der Waals surface area contributed by atoms with Crippen molar-refractivity contribution >= 4 is 33.1 Å². The first-order chi connectivity index (χ1) is 10.1. The van der Waals surface area contributed by atoms with Crippen molar-refractivity contribution in [2.75, 3.05) is 5.32 Å². The summed E-state index contributed by atoms with van der Waals surface area (Å²) in [5, 5.41) is 9.20. The third-order valence-electron chi connectivity index (χ3n) is 3.46. The van der Waals surface area contributed by atoms with Crippen LogP contribution in [0.5, 0.6) is 0 Å². The first-order valence-corrected chi connectivity index (χ1v) is 7.90. The van der Waals surface area contributed by atoms with Gasteiger partial charge in [0, 0.05) is 18.8 Å². The van der Waals surface area contributed by atoms with Gasteiger partial charge in [0.2, 0.25) is 0 Å². The Bertz CT molecular complexity index is 781. The van der Waals surface area contributed by atoms with E-state index in [0.717, 1.165) is 22.4 Å². The highest BCUT2D eigenvalue weighted by Crippen LogP contribution is 2.25. The number of aromatic nitrogens is 3. The SMILES string of the molecule is CCn1c(C(=O)Nc2cnn(C(C)C)c2)cc2sccc21. The fourth-order valence-electron chi connectivity index (χ4n) is 2.39. The second-order valence-electron chi connectivity index (χ2n) is 5.20. The van der Waals surface area contributed by atoms with Gasteiger partial charge in [0.1, 0.15) is 5.69 Å². The van der Waals surface area contributed by atoms with Crippen molar-refractivity contribution in [1.82, 2.24) is 14.3 Å². The van der Waals surface area contributed by atoms with Crippen LogP contribution in [0.4, 0.5) is 5.69 Å². The van der Waals surface area contributed by atoms with Gasteiger partial charge in [-0.05, 0) is 38.3 Å². The molecule has 5 nitrogen and oxygen atoms in total. The van der Waals surface area contributed by atoms with Crippen LogP contribution in [0, 0.1) is 0 Å². The summed E-state index contributed by atoms with van der Waals surface area (Å²) in [6, 6.07) is 4.28. The van der Waals surface area contributed by atoms with Crippen molar-refractivity contribution in [1.29, 1.82) is 0 Å². The molecule has 0 aliphatic carbocycles. The van der Waals surface area contributed by atoms with Crippen LogP contribution in [0.2, 0.25) is 0 Å². The molecule has 0 aliphatic rings. The molecule has 0 radical (unpaired) electrons. The van der Waals surface area contributed by atoms with Gasteiger partial charge in [0.05, 0.1) is 22.1 Å². The Hall–Kier alpha value is -2.08. The Morgan fingerprint density at radius 2 is 2.29 bits per heavy atom. The van der Waals surface area contributed by atoms with E-state index < -0.39 is 0 Å². The molecule has 0 bridgehead atoms. The van der Waals surface area contributed by atoms with Crippen molar-refractivity contribution in [2.45, 2.75) is 33.4 Å². The second kappa shape index (κ2) is 5.37. The van der Waals surface area contributed by atoms with Gasteiger partial charge in [-0.25, -0.2) is 0 Å². The average Bonchev–Trinajstić information content (AvgIpc) is 3.12. The van der Waals surface area contributed by atoms with Crippen LogP contribution in [-0.2, 0) is 6.54 Å². The third-order valence-corrected chi connectivity index (χ3v) is 4.31. The van der Waals surface area contributed by atoms with Crippen LogP contribution in [-0.4, -0.2) is 20.3 Å². The molecule has 3 aromatic heterocycles. The number of anilines is 1. The molecule has 0 saturated heterocycles. The van der Waals surface area contributed by atoms with Crippen LogP contribution >= 0.6 is 11.3 Å². The molecule has 3 aromatic rings. The molecule has 0 fully saturated rings. The lowest BCUT2D eigenvalue weighted by Crippen LogP contribution is -2.16. The zero-order valence-electron chi connectivity index (χ0n) is 12.3. The number of hydrogen-bond acceptors (Lipinski definition) is 3. The molecule has 0 unspecified atom stereocenters. The Morgan fingerprint density at radius 1 is 1.48 bits per heavy atom. The van der Waals surface area contributed by atoms with Crippen molar-refractivity contribution in [3.63, 3.8) is 0 Å². The molecule has 110 valence electrons. The summed E-state index contributed by atoms with van der Waals surface area (Å²) in [6.45, 7) is 6.92. The fraction of sp³-hybridized carbons (Fsp3) is 0.333. The fourth-order valence-corrected chi connectivity index (χ4v) is 3.21. The first-order valence-electron chi connectivity index (χ1n) is 7.02. The number of carbonyl (C=O) groups is 1. The molecule has 1 amide bonds. The van der Waals surface area contributed by atoms with Crippen molar-refractivity contribution in [3.05, 3.63) is 35.6 Å². The number of nitrogens with one attached hydrogen (secondary N) is 1. The smallest absolute Gasteiger partial charge is 0.272 e. The Morgan fingerprint density at radius 3 is 2.95 bits per heavy atom. The Balaban J connectivity index is 1.87. The van der Waals surface area contributed by atoms with E-state index in [1.807, 2.05) is 33.8 Å². The molecular weight excluding hydrogens is 284 g/mol. The molecule has 1 N–H and O–H groups in total. The third kappa shape index (κ3) is 2.47. The van der Waals surface area contributed by atoms with Crippen molar-refractivity contribution in [3.8, 4) is 0 Å². The maximum absolute atomic E-state index is 12.5. The highest BCUT2D eigenvalue weighted by molar-refractivity contribution is 7.17. The predicted molar refractivity (Wildman–Crippen MR) is 86.1 cm³/mol. The van der Waals surface area contributed by atoms with Crippen LogP contribution in [0.3, 0.4) is 0 Å². The number of amides is 1. The summed E-state index contributed by atoms with van der Waals surface area (Å²) < 4.78 is 5.00. The van der Waals surface area contributed by atoms with Gasteiger partial charge >= 0.3 is 0 Å². The topological polar surface area (TPSA) is 51.9 Å². The van der Waals surface area contributed by atoms with Gasteiger partial charge in [-0.1, -0.05) is 0 Å². The van der Waals surface area contributed by atoms with Gasteiger partial charge < -0.3 is 9.88 Å². The number of hydrogen-bond donors (Lipinski definition) is 1. The molecule has 0 atom stereocenters. The van der Waals surface area contributed by atoms with Crippen LogP contribution < -0.4 is 5.32 Å². The molecule has 3 heterocycles. The maximum Gasteiger partial charge on any atom is 0.272 e. The van der Waals surface area contributed by atoms with Crippen molar-refractivity contribution in [2.24, 2.45) is 0 Å². The van der Waals surface area contributed by atoms with Crippen LogP contribution in [0.25, 0.3) is 10.2 Å². The highest BCUT2D eigenvalue weighted by atomic mass is 32.1. The summed E-state index contributed by atoms with van der Waals surface area (Å²) in [5.41, 5.74) is 2.53. The monoisotopic (exact) mass is 302 g/mol. The van der Waals surface area contributed by atoms with E-state index in [4.69, 9.17) is 0 Å². The van der Waals surface area contributed by atoms with Gasteiger partial charge in [-0.3, -0.25) is 9.48 Å². The minimum absolute atomic E-state index is 0.0939. The summed E-state index contributed by atoms with van der Waals surface area (Å²) in [6.07, 6.45) is 3.53. The highest BCUT2D eigenvalue weighted by Gasteiger charge is 2.16. The minimum atomic E-state index is -0.0939. The van der Waals surface area contributed by atoms with E-state index in [9.17, 15) is 4.79 Å². The summed E-state index contributed by atoms with van der Waals surface area (Å²) in [7, 11) is 0. The predicted octanol–water partition coefficient (Wildman–Crippen LogP) is 3.75. The molecule has 0 spiro atoms. The van der Waals surface area contributed by atoms with Gasteiger partial charge in [0.25, 0.3) is 5.91 Å². The van der Waals surface area contributed by atoms with E-state index in [-0.39, 0.29) is 11.9 Å². The van der Waals surface area contributed by atoms with Crippen molar-refractivity contribution < 1.29 is 4.79 Å². The lowest BCUT2D eigenvalue weighted by Gasteiger charge is -2.07. The first kappa shape index (κ1) is 13.9. The number of fused-ring (bicyclic) bond motifs is 1. The number of aryl methyl sites for hydroxylation is 1. The molecule has 0 aliphatic heterocycles. The molecule has 0 aromatic carbocycles. The molecule has 0 saturated carbocycles. The Labute approximate surface area is 127 Å². The standard InChI is InChI=1S/C15H18N4OS/c1-4-18-12-5-6-21-14(12)7-13(18)15(20)17-11-8-16-19(9-11)10(2)3/h5-10H,4H2,1-3H3,(H,17,20). The second-order valence-corrected chi connectivity index (χ2v) is 6.15. The lowest BCUT2D eigenvalue weighted by molar-refractivity contribution is 0.101. The van der Waals surface area contributed by atoms with Gasteiger partial charge in [0.15, 0.2) is 0 Å². The van der Waals surface area contributed by atoms with Crippen LogP contribution in [0.15, 0.2) is 29.9 Å². The van der Waals surface area contributed by atoms with Gasteiger partial charge in [-0.2, -0.15) is 5.10 Å². The number of rotatable bonds is 4. The van der Waals surface area contributed by atoms with E-state index in [0.29, 0.717) is 5.69 Å². The van der Waals surface area contributed by atoms with Crippen LogP contribution in [0.1, 0.15) is 37.3 Å². The zero-order valence-corrected chi connectivity index (χ0v) is 13.1. The largest absolute Gasteiger partial charge is 0.336 e. The average molecular weight is 302 g/mol. The van der Waals surface area contributed by atoms with Gasteiger partial charge in [-0.15, -0.1) is 11.3 Å². The maximum atomic E-state index is 12.5. The van der Waals surface area contributed by atoms with E-state index in [1.54, 1.807) is 17.5 Å². The van der Waals surface area contributed by atoms with E-state index in [1.165, 1.54) is 0 Å². The number of carbonyl (C=O) groups excluding carboxylic acids is 1. The van der Waals surface area contributed by atoms with E-state index >= 15 is 0 Å². The molecule has 6 heteroatoms. The molecule has 21 heavy (non-hydrogen) atoms. The number of thiophene rings is 1. The minimum Gasteiger partial charge on any atom is -0.336 e. The molecule has 3 rings (SSSR count). The quantitative estimate of drug-likeness (QED) is 0.798. The number of nitrogens with zero attached hydrogens (tertiary/aromatic N) is 3. The zero-order chi connectivity index (χ0) is 15.0. The normalized spacial score (nSPS) is 11.4. The summed E-state index contributed by atoms with van der Waals surface area (Å²) >= 11 is 1.65. The lowest BCUT2D eigenvalue weighted by atomic mass is 10.3.